The van der Waals surface area contributed by atoms with E-state index in [4.69, 9.17) is 4.74 Å². The van der Waals surface area contributed by atoms with Crippen LogP contribution in [0.5, 0.6) is 5.75 Å². The molecule has 0 spiro atoms. The largest absolute Gasteiger partial charge is 1.00 e. The van der Waals surface area contributed by atoms with Gasteiger partial charge in [0.25, 0.3) is 0 Å². The Labute approximate surface area is 222 Å². The number of aromatic nitrogens is 2. The first kappa shape index (κ1) is 25.6. The molecular weight excluding hydrogens is 427 g/mol. The molecule has 1 aliphatic rings. The van der Waals surface area contributed by atoms with Gasteiger partial charge in [0.05, 0.1) is 12.9 Å². The molecule has 0 radical (unpaired) electrons. The van der Waals surface area contributed by atoms with Gasteiger partial charge in [-0.25, -0.2) is 4.79 Å². The Kier molecular flexibility index (Phi) is 7.81. The number of Topliss-reactive ketones (excluding diaryl/α,β-unsaturated/α-hetero) is 1. The minimum Gasteiger partial charge on any atom is -0.512 e. The van der Waals surface area contributed by atoms with E-state index in [-0.39, 0.29) is 86.9 Å². The van der Waals surface area contributed by atoms with Gasteiger partial charge in [-0.15, -0.1) is 0 Å². The fourth-order valence-corrected chi connectivity index (χ4v) is 4.00. The molecule has 1 unspecified atom stereocenters. The van der Waals surface area contributed by atoms with Gasteiger partial charge in [-0.3, -0.25) is 13.9 Å². The van der Waals surface area contributed by atoms with Gasteiger partial charge < -0.3 is 19.4 Å². The van der Waals surface area contributed by atoms with Crippen molar-refractivity contribution < 1.29 is 66.0 Å². The summed E-state index contributed by atoms with van der Waals surface area (Å²) in [4.78, 5) is 51.2. The standard InChI is InChI=1S/C22H25N2O6.K/c1-22(2)10-14(25)17(15(26)11-22)16(12-6-8-13(30-5)9-7-12)18-19(27)23(3)21(29)24(4)20(18)28;/h6-9,16,25H,10-11H2,1-5H3;/q-1;+1. The maximum atomic E-state index is 13.1. The van der Waals surface area contributed by atoms with Crippen LogP contribution in [0, 0.1) is 5.41 Å². The predicted molar refractivity (Wildman–Crippen MR) is 111 cm³/mol. The molecule has 0 bridgehead atoms. The minimum absolute atomic E-state index is 0. The Morgan fingerprint density at radius 2 is 1.52 bits per heavy atom. The van der Waals surface area contributed by atoms with Crippen molar-refractivity contribution in [1.82, 2.24) is 9.13 Å². The van der Waals surface area contributed by atoms with Crippen LogP contribution in [-0.2, 0) is 18.9 Å². The molecule has 3 rings (SSSR count). The average Bonchev–Trinajstić information content (AvgIpc) is 2.68. The number of hydrogen-bond donors (Lipinski definition) is 1. The quantitative estimate of drug-likeness (QED) is 0.447. The maximum absolute atomic E-state index is 13.1. The number of aliphatic hydroxyl groups excluding tert-OH is 1. The number of nitrogens with zero attached hydrogens (tertiary/aromatic N) is 2. The Hall–Kier alpha value is -1.65. The van der Waals surface area contributed by atoms with E-state index in [1.165, 1.54) is 21.2 Å². The average molecular weight is 453 g/mol. The monoisotopic (exact) mass is 452 g/mol. The van der Waals surface area contributed by atoms with E-state index in [2.05, 4.69) is 0 Å². The van der Waals surface area contributed by atoms with Gasteiger partial charge in [0.2, 0.25) is 0 Å². The van der Waals surface area contributed by atoms with E-state index < -0.39 is 28.1 Å². The number of methoxy groups -OCH3 is 1. The number of carbonyl (C=O) groups is 1. The van der Waals surface area contributed by atoms with Crippen LogP contribution in [0.2, 0.25) is 0 Å². The molecule has 1 aromatic carbocycles. The molecule has 1 N–H and O–H groups in total. The summed E-state index contributed by atoms with van der Waals surface area (Å²) in [6, 6.07) is 6.57. The number of hydrogen-bond acceptors (Lipinski definition) is 6. The topological polar surface area (TPSA) is 108 Å². The molecule has 2 aromatic rings. The summed E-state index contributed by atoms with van der Waals surface area (Å²) < 4.78 is 6.84. The van der Waals surface area contributed by atoms with Crippen LogP contribution in [0.15, 0.2) is 50.0 Å². The third-order valence-electron chi connectivity index (χ3n) is 5.57. The summed E-state index contributed by atoms with van der Waals surface area (Å²) in [5.41, 5.74) is -2.53. The van der Waals surface area contributed by atoms with Gasteiger partial charge in [-0.05, 0) is 17.5 Å². The van der Waals surface area contributed by atoms with Gasteiger partial charge in [-0.2, -0.15) is 5.56 Å². The number of benzene rings is 1. The van der Waals surface area contributed by atoms with E-state index in [0.717, 1.165) is 9.13 Å². The summed E-state index contributed by atoms with van der Waals surface area (Å²) in [6.07, 6.45) is 0.403. The fourth-order valence-electron chi connectivity index (χ4n) is 4.00. The first-order valence-electron chi connectivity index (χ1n) is 9.54. The third-order valence-corrected chi connectivity index (χ3v) is 5.57. The SMILES string of the molecule is COc1ccc(C(C2=C(O)CC(C)(C)CC2=O)[c-]2c(=O)n(C)c(=O)n(C)c2=O)cc1.[K+]. The van der Waals surface area contributed by atoms with Crippen molar-refractivity contribution in [2.45, 2.75) is 32.6 Å². The third kappa shape index (κ3) is 4.75. The molecule has 1 aromatic heterocycles. The van der Waals surface area contributed by atoms with Crippen molar-refractivity contribution in [3.63, 3.8) is 0 Å². The zero-order valence-corrected chi connectivity index (χ0v) is 21.8. The number of ketones is 1. The maximum Gasteiger partial charge on any atom is 1.00 e. The van der Waals surface area contributed by atoms with E-state index in [9.17, 15) is 24.3 Å². The number of aliphatic hydroxyl groups is 1. The van der Waals surface area contributed by atoms with E-state index in [1.54, 1.807) is 24.3 Å². The van der Waals surface area contributed by atoms with Crippen LogP contribution in [0.25, 0.3) is 0 Å². The first-order chi connectivity index (χ1) is 14.0. The normalized spacial score (nSPS) is 16.6. The second kappa shape index (κ2) is 9.46. The molecule has 8 nitrogen and oxygen atoms in total. The van der Waals surface area contributed by atoms with Crippen LogP contribution in [-0.4, -0.2) is 27.1 Å². The Balaban J connectivity index is 0.00000341. The zero-order valence-electron chi connectivity index (χ0n) is 18.7. The summed E-state index contributed by atoms with van der Waals surface area (Å²) in [6.45, 7) is 3.73. The molecule has 160 valence electrons. The second-order valence-electron chi connectivity index (χ2n) is 8.43. The van der Waals surface area contributed by atoms with Crippen LogP contribution in [0.1, 0.15) is 43.7 Å². The van der Waals surface area contributed by atoms with Crippen molar-refractivity contribution in [1.29, 1.82) is 0 Å². The van der Waals surface area contributed by atoms with Crippen molar-refractivity contribution in [3.8, 4) is 5.75 Å². The molecular formula is C22H25KN2O6. The van der Waals surface area contributed by atoms with E-state index in [0.29, 0.717) is 11.3 Å². The molecule has 31 heavy (non-hydrogen) atoms. The molecule has 0 saturated carbocycles. The first-order valence-corrected chi connectivity index (χ1v) is 9.54. The number of ether oxygens (including phenoxy) is 1. The van der Waals surface area contributed by atoms with Gasteiger partial charge in [0, 0.05) is 32.5 Å². The predicted octanol–water partition coefficient (Wildman–Crippen LogP) is -1.49. The number of allylic oxidation sites excluding steroid dienone is 2. The van der Waals surface area contributed by atoms with Gasteiger partial charge >= 0.3 is 57.1 Å². The van der Waals surface area contributed by atoms with Crippen molar-refractivity contribution in [2.75, 3.05) is 7.11 Å². The molecule has 9 heteroatoms. The Bertz CT molecular complexity index is 1170. The fraction of sp³-hybridized carbons (Fsp3) is 0.409. The molecule has 1 heterocycles. The molecule has 0 fully saturated rings. The van der Waals surface area contributed by atoms with Crippen molar-refractivity contribution in [2.24, 2.45) is 19.5 Å². The van der Waals surface area contributed by atoms with Crippen LogP contribution >= 0.6 is 0 Å². The summed E-state index contributed by atoms with van der Waals surface area (Å²) >= 11 is 0. The number of carbonyl (C=O) groups excluding carboxylic acids is 1. The summed E-state index contributed by atoms with van der Waals surface area (Å²) in [5, 5.41) is 10.8. The van der Waals surface area contributed by atoms with Crippen LogP contribution in [0.3, 0.4) is 0 Å². The zero-order chi connectivity index (χ0) is 22.4. The van der Waals surface area contributed by atoms with Crippen molar-refractivity contribution >= 4 is 5.78 Å². The molecule has 1 aliphatic carbocycles. The molecule has 0 amide bonds. The van der Waals surface area contributed by atoms with Gasteiger partial charge in [-0.1, -0.05) is 37.5 Å². The summed E-state index contributed by atoms with van der Waals surface area (Å²) in [5.74, 6) is -1.02. The Morgan fingerprint density at radius 1 is 1.00 bits per heavy atom. The second-order valence-corrected chi connectivity index (χ2v) is 8.43. The molecule has 1 atom stereocenters. The van der Waals surface area contributed by atoms with E-state index >= 15 is 0 Å². The van der Waals surface area contributed by atoms with Gasteiger partial charge in [0.15, 0.2) is 5.78 Å². The van der Waals surface area contributed by atoms with Gasteiger partial charge in [0.1, 0.15) is 16.9 Å². The smallest absolute Gasteiger partial charge is 0.512 e. The van der Waals surface area contributed by atoms with Crippen LogP contribution in [0.4, 0.5) is 0 Å². The Morgan fingerprint density at radius 3 is 1.97 bits per heavy atom. The minimum atomic E-state index is -1.10. The van der Waals surface area contributed by atoms with Crippen LogP contribution < -0.4 is 72.9 Å². The molecule has 0 aliphatic heterocycles. The number of rotatable bonds is 4. The van der Waals surface area contributed by atoms with Crippen molar-refractivity contribution in [3.05, 3.63) is 77.9 Å². The van der Waals surface area contributed by atoms with E-state index in [1.807, 2.05) is 13.8 Å². The molecule has 0 saturated heterocycles. The summed E-state index contributed by atoms with van der Waals surface area (Å²) in [7, 11) is 4.06.